The van der Waals surface area contributed by atoms with Crippen molar-refractivity contribution in [3.05, 3.63) is 70.8 Å². The Bertz CT molecular complexity index is 882. The van der Waals surface area contributed by atoms with Gasteiger partial charge in [0, 0.05) is 10.8 Å². The average molecular weight is 495 g/mol. The largest absolute Gasteiger partial charge is 0.478 e. The standard InChI is InChI=1S/C32H46O4/c1-5-9-21-31(22-10-6-2,27-19-15-13-17-25(27)29(33)34)32(23-11-7-3,24-12-8-4)28-20-16-14-18-26(28)30(35)36/h13-20H,5-12,21-24H2,1-4H3,(H,33,34)(H,35,36). The van der Waals surface area contributed by atoms with Crippen LogP contribution in [0, 0.1) is 0 Å². The van der Waals surface area contributed by atoms with Gasteiger partial charge in [-0.1, -0.05) is 115 Å². The Morgan fingerprint density at radius 2 is 0.833 bits per heavy atom. The van der Waals surface area contributed by atoms with E-state index in [1.54, 1.807) is 12.1 Å². The number of aromatic carboxylic acids is 2. The van der Waals surface area contributed by atoms with E-state index in [9.17, 15) is 19.8 Å². The number of benzene rings is 2. The summed E-state index contributed by atoms with van der Waals surface area (Å²) < 4.78 is 0. The quantitative estimate of drug-likeness (QED) is 0.230. The summed E-state index contributed by atoms with van der Waals surface area (Å²) in [7, 11) is 0. The molecule has 2 N–H and O–H groups in total. The fraction of sp³-hybridized carbons (Fsp3) is 0.562. The van der Waals surface area contributed by atoms with Gasteiger partial charge in [-0.3, -0.25) is 0 Å². The van der Waals surface area contributed by atoms with Gasteiger partial charge in [-0.2, -0.15) is 0 Å². The number of carboxylic acid groups (broad SMARTS) is 2. The third-order valence-corrected chi connectivity index (χ3v) is 8.09. The number of hydrogen-bond donors (Lipinski definition) is 2. The van der Waals surface area contributed by atoms with Crippen LogP contribution in [0.3, 0.4) is 0 Å². The molecule has 198 valence electrons. The van der Waals surface area contributed by atoms with Crippen LogP contribution in [0.4, 0.5) is 0 Å². The highest BCUT2D eigenvalue weighted by molar-refractivity contribution is 5.91. The predicted molar refractivity (Wildman–Crippen MR) is 148 cm³/mol. The Balaban J connectivity index is 3.11. The molecule has 4 nitrogen and oxygen atoms in total. The zero-order valence-corrected chi connectivity index (χ0v) is 22.8. The van der Waals surface area contributed by atoms with Crippen molar-refractivity contribution in [2.75, 3.05) is 0 Å². The van der Waals surface area contributed by atoms with Gasteiger partial charge in [0.1, 0.15) is 0 Å². The molecular weight excluding hydrogens is 448 g/mol. The van der Waals surface area contributed by atoms with Crippen molar-refractivity contribution in [3.63, 3.8) is 0 Å². The molecule has 0 fully saturated rings. The molecule has 2 aromatic carbocycles. The molecule has 0 aliphatic rings. The lowest BCUT2D eigenvalue weighted by Gasteiger charge is -2.54. The Morgan fingerprint density at radius 1 is 0.556 bits per heavy atom. The summed E-state index contributed by atoms with van der Waals surface area (Å²) in [5.41, 5.74) is 1.51. The van der Waals surface area contributed by atoms with Gasteiger partial charge in [-0.05, 0) is 48.9 Å². The van der Waals surface area contributed by atoms with Crippen molar-refractivity contribution in [3.8, 4) is 0 Å². The summed E-state index contributed by atoms with van der Waals surface area (Å²) in [6, 6.07) is 15.0. The second-order valence-electron chi connectivity index (χ2n) is 10.3. The van der Waals surface area contributed by atoms with Gasteiger partial charge in [0.15, 0.2) is 0 Å². The van der Waals surface area contributed by atoms with Gasteiger partial charge in [0.05, 0.1) is 11.1 Å². The molecule has 0 unspecified atom stereocenters. The van der Waals surface area contributed by atoms with Crippen LogP contribution in [-0.4, -0.2) is 22.2 Å². The van der Waals surface area contributed by atoms with Crippen molar-refractivity contribution < 1.29 is 19.8 Å². The van der Waals surface area contributed by atoms with Crippen molar-refractivity contribution in [1.82, 2.24) is 0 Å². The summed E-state index contributed by atoms with van der Waals surface area (Å²) in [6.45, 7) is 8.72. The van der Waals surface area contributed by atoms with Gasteiger partial charge in [0.2, 0.25) is 0 Å². The molecule has 0 amide bonds. The summed E-state index contributed by atoms with van der Waals surface area (Å²) in [4.78, 5) is 25.2. The normalized spacial score (nSPS) is 12.0. The minimum atomic E-state index is -0.908. The minimum Gasteiger partial charge on any atom is -0.478 e. The number of hydrogen-bond acceptors (Lipinski definition) is 2. The summed E-state index contributed by atoms with van der Waals surface area (Å²) in [6.07, 6.45) is 11.2. The van der Waals surface area contributed by atoms with Crippen LogP contribution in [0.15, 0.2) is 48.5 Å². The van der Waals surface area contributed by atoms with E-state index in [1.165, 1.54) is 0 Å². The molecule has 0 bridgehead atoms. The topological polar surface area (TPSA) is 74.6 Å². The molecule has 2 rings (SSSR count). The van der Waals surface area contributed by atoms with Crippen LogP contribution in [0.25, 0.3) is 0 Å². The lowest BCUT2D eigenvalue weighted by Crippen LogP contribution is -2.51. The molecule has 0 saturated carbocycles. The molecule has 0 saturated heterocycles. The Labute approximate surface area is 218 Å². The van der Waals surface area contributed by atoms with E-state index in [1.807, 2.05) is 36.4 Å². The van der Waals surface area contributed by atoms with Gasteiger partial charge < -0.3 is 10.2 Å². The lowest BCUT2D eigenvalue weighted by molar-refractivity contribution is 0.0665. The Morgan fingerprint density at radius 3 is 1.08 bits per heavy atom. The number of carboxylic acids is 2. The minimum absolute atomic E-state index is 0.356. The number of carbonyl (C=O) groups is 2. The lowest BCUT2D eigenvalue weighted by atomic mass is 9.49. The van der Waals surface area contributed by atoms with Crippen molar-refractivity contribution in [2.45, 2.75) is 116 Å². The molecule has 0 spiro atoms. The smallest absolute Gasteiger partial charge is 0.335 e. The maximum Gasteiger partial charge on any atom is 0.335 e. The van der Waals surface area contributed by atoms with Crippen LogP contribution in [-0.2, 0) is 10.8 Å². The van der Waals surface area contributed by atoms with Crippen LogP contribution < -0.4 is 0 Å². The first-order valence-electron chi connectivity index (χ1n) is 14.0. The van der Waals surface area contributed by atoms with Crippen molar-refractivity contribution >= 4 is 11.9 Å². The van der Waals surface area contributed by atoms with E-state index >= 15 is 0 Å². The first kappa shape index (κ1) is 29.6. The zero-order valence-electron chi connectivity index (χ0n) is 22.8. The monoisotopic (exact) mass is 494 g/mol. The molecular formula is C32H46O4. The fourth-order valence-electron chi connectivity index (χ4n) is 6.35. The molecule has 0 radical (unpaired) electrons. The first-order chi connectivity index (χ1) is 17.3. The summed E-state index contributed by atoms with van der Waals surface area (Å²) >= 11 is 0. The first-order valence-corrected chi connectivity index (χ1v) is 14.0. The van der Waals surface area contributed by atoms with Crippen LogP contribution in [0.1, 0.15) is 137 Å². The van der Waals surface area contributed by atoms with Gasteiger partial charge in [-0.15, -0.1) is 0 Å². The SMILES string of the molecule is CCCCC(CCCC)(c1ccccc1C(=O)O)C(CCCC)(CCCC)c1ccccc1C(=O)O. The predicted octanol–water partition coefficient (Wildman–Crippen LogP) is 9.02. The highest BCUT2D eigenvalue weighted by Gasteiger charge is 2.53. The molecule has 2 aromatic rings. The van der Waals surface area contributed by atoms with Crippen LogP contribution in [0.5, 0.6) is 0 Å². The molecule has 0 atom stereocenters. The van der Waals surface area contributed by atoms with Crippen molar-refractivity contribution in [2.24, 2.45) is 0 Å². The molecule has 0 aliphatic heterocycles. The second kappa shape index (κ2) is 14.2. The van der Waals surface area contributed by atoms with E-state index in [0.717, 1.165) is 88.2 Å². The van der Waals surface area contributed by atoms with E-state index < -0.39 is 22.8 Å². The molecule has 0 aliphatic carbocycles. The average Bonchev–Trinajstić information content (AvgIpc) is 2.89. The summed E-state index contributed by atoms with van der Waals surface area (Å²) in [5.74, 6) is -1.82. The number of rotatable bonds is 17. The molecule has 0 heterocycles. The Hall–Kier alpha value is -2.62. The van der Waals surface area contributed by atoms with Gasteiger partial charge in [0.25, 0.3) is 0 Å². The van der Waals surface area contributed by atoms with Gasteiger partial charge in [-0.25, -0.2) is 9.59 Å². The second-order valence-corrected chi connectivity index (χ2v) is 10.3. The van der Waals surface area contributed by atoms with E-state index in [0.29, 0.717) is 11.1 Å². The maximum absolute atomic E-state index is 12.6. The van der Waals surface area contributed by atoms with Crippen molar-refractivity contribution in [1.29, 1.82) is 0 Å². The van der Waals surface area contributed by atoms with E-state index in [2.05, 4.69) is 27.7 Å². The third-order valence-electron chi connectivity index (χ3n) is 8.09. The Kier molecular flexibility index (Phi) is 11.7. The maximum atomic E-state index is 12.6. The fourth-order valence-corrected chi connectivity index (χ4v) is 6.35. The van der Waals surface area contributed by atoms with E-state index in [4.69, 9.17) is 0 Å². The highest BCUT2D eigenvalue weighted by Crippen LogP contribution is 2.57. The molecule has 4 heteroatoms. The van der Waals surface area contributed by atoms with Crippen LogP contribution >= 0.6 is 0 Å². The third kappa shape index (κ3) is 6.19. The summed E-state index contributed by atoms with van der Waals surface area (Å²) in [5, 5.41) is 20.6. The molecule has 0 aromatic heterocycles. The zero-order chi connectivity index (χ0) is 26.6. The van der Waals surface area contributed by atoms with Gasteiger partial charge >= 0.3 is 11.9 Å². The number of unbranched alkanes of at least 4 members (excludes halogenated alkanes) is 4. The highest BCUT2D eigenvalue weighted by atomic mass is 16.4. The van der Waals surface area contributed by atoms with Crippen LogP contribution in [0.2, 0.25) is 0 Å². The van der Waals surface area contributed by atoms with E-state index in [-0.39, 0.29) is 0 Å². The molecule has 36 heavy (non-hydrogen) atoms.